The van der Waals surface area contributed by atoms with Crippen LogP contribution in [-0.4, -0.2) is 0 Å². The molecule has 0 aliphatic rings. The predicted octanol–water partition coefficient (Wildman–Crippen LogP) is 3.55. The average Bonchev–Trinajstić information content (AvgIpc) is 2.19. The first-order valence-electron chi connectivity index (χ1n) is 4.36. The molecule has 0 aromatic heterocycles. The van der Waals surface area contributed by atoms with Gasteiger partial charge in [0.2, 0.25) is 0 Å². The lowest BCUT2D eigenvalue weighted by Gasteiger charge is -2.06. The Morgan fingerprint density at radius 1 is 1.38 bits per heavy atom. The Bertz CT molecular complexity index is 285. The Hall–Kier alpha value is -1.50. The molecule has 0 spiro atoms. The van der Waals surface area contributed by atoms with E-state index in [2.05, 4.69) is 6.58 Å². The minimum atomic E-state index is 0.769. The lowest BCUT2D eigenvalue weighted by Crippen LogP contribution is -1.92. The Labute approximate surface area is 79.4 Å². The second-order valence-electron chi connectivity index (χ2n) is 2.66. The van der Waals surface area contributed by atoms with Crippen LogP contribution in [0.5, 0.6) is 5.75 Å². The van der Waals surface area contributed by atoms with E-state index in [1.54, 1.807) is 0 Å². The van der Waals surface area contributed by atoms with Crippen LogP contribution in [0.3, 0.4) is 0 Å². The van der Waals surface area contributed by atoms with Crippen LogP contribution in [0.2, 0.25) is 0 Å². The lowest BCUT2D eigenvalue weighted by molar-refractivity contribution is 0.415. The van der Waals surface area contributed by atoms with Gasteiger partial charge in [-0.15, -0.1) is 6.58 Å². The molecule has 0 N–H and O–H groups in total. The number of hydrogen-bond donors (Lipinski definition) is 0. The lowest BCUT2D eigenvalue weighted by atomic mass is 10.3. The molecule has 13 heavy (non-hydrogen) atoms. The van der Waals surface area contributed by atoms with Gasteiger partial charge in [0.15, 0.2) is 0 Å². The number of benzene rings is 1. The third-order valence-electron chi connectivity index (χ3n) is 1.66. The molecule has 0 amide bonds. The maximum absolute atomic E-state index is 5.59. The van der Waals surface area contributed by atoms with E-state index in [0.29, 0.717) is 0 Å². The number of rotatable bonds is 4. The molecule has 0 unspecified atom stereocenters. The highest BCUT2D eigenvalue weighted by Crippen LogP contribution is 2.14. The Balaban J connectivity index is 2.62. The van der Waals surface area contributed by atoms with Crippen molar-refractivity contribution in [3.8, 4) is 5.75 Å². The van der Waals surface area contributed by atoms with Crippen molar-refractivity contribution in [3.63, 3.8) is 0 Å². The number of ether oxygens (including phenoxy) is 1. The van der Waals surface area contributed by atoms with Gasteiger partial charge in [-0.05, 0) is 25.1 Å². The summed E-state index contributed by atoms with van der Waals surface area (Å²) in [5, 5.41) is 0. The van der Waals surface area contributed by atoms with Crippen LogP contribution in [0, 0.1) is 0 Å². The van der Waals surface area contributed by atoms with E-state index >= 15 is 0 Å². The molecule has 68 valence electrons. The molecule has 0 saturated heterocycles. The summed E-state index contributed by atoms with van der Waals surface area (Å²) < 4.78 is 5.59. The highest BCUT2D eigenvalue weighted by molar-refractivity contribution is 5.23. The predicted molar refractivity (Wildman–Crippen MR) is 55.6 cm³/mol. The zero-order valence-corrected chi connectivity index (χ0v) is 7.86. The minimum absolute atomic E-state index is 0.769. The van der Waals surface area contributed by atoms with E-state index in [9.17, 15) is 0 Å². The third kappa shape index (κ3) is 3.16. The standard InChI is InChI=1S/C12H14O/c1-3-8-11(4-2)13-12-9-6-5-7-10-12/h3-7,9-10H,1,8H2,2H3. The van der Waals surface area contributed by atoms with E-state index in [-0.39, 0.29) is 0 Å². The van der Waals surface area contributed by atoms with E-state index in [4.69, 9.17) is 4.74 Å². The fourth-order valence-electron chi connectivity index (χ4n) is 1.00. The quantitative estimate of drug-likeness (QED) is 0.501. The van der Waals surface area contributed by atoms with E-state index in [1.165, 1.54) is 0 Å². The molecule has 0 saturated carbocycles. The summed E-state index contributed by atoms with van der Waals surface area (Å²) in [4.78, 5) is 0. The van der Waals surface area contributed by atoms with Crippen molar-refractivity contribution >= 4 is 0 Å². The fraction of sp³-hybridized carbons (Fsp3) is 0.167. The van der Waals surface area contributed by atoms with Gasteiger partial charge in [0.1, 0.15) is 11.5 Å². The minimum Gasteiger partial charge on any atom is -0.462 e. The second-order valence-corrected chi connectivity index (χ2v) is 2.66. The highest BCUT2D eigenvalue weighted by atomic mass is 16.5. The van der Waals surface area contributed by atoms with Gasteiger partial charge >= 0.3 is 0 Å². The van der Waals surface area contributed by atoms with Gasteiger partial charge in [-0.2, -0.15) is 0 Å². The van der Waals surface area contributed by atoms with Crippen LogP contribution in [-0.2, 0) is 0 Å². The molecule has 1 aromatic carbocycles. The molecule has 0 heterocycles. The summed E-state index contributed by atoms with van der Waals surface area (Å²) >= 11 is 0. The number of hydrogen-bond acceptors (Lipinski definition) is 1. The van der Waals surface area contributed by atoms with Crippen LogP contribution in [0.25, 0.3) is 0 Å². The van der Waals surface area contributed by atoms with Gasteiger partial charge in [0, 0.05) is 6.42 Å². The zero-order chi connectivity index (χ0) is 9.52. The SMILES string of the molecule is C=CCC(=CC)Oc1ccccc1. The third-order valence-corrected chi connectivity index (χ3v) is 1.66. The Morgan fingerprint density at radius 3 is 2.62 bits per heavy atom. The van der Waals surface area contributed by atoms with Crippen molar-refractivity contribution in [2.24, 2.45) is 0 Å². The van der Waals surface area contributed by atoms with Gasteiger partial charge in [-0.1, -0.05) is 24.3 Å². The molecule has 1 aromatic rings. The molecule has 1 rings (SSSR count). The molecule has 0 radical (unpaired) electrons. The summed E-state index contributed by atoms with van der Waals surface area (Å²) in [6.45, 7) is 5.63. The first-order valence-corrected chi connectivity index (χ1v) is 4.36. The summed E-state index contributed by atoms with van der Waals surface area (Å²) in [6, 6.07) is 9.75. The van der Waals surface area contributed by atoms with Crippen LogP contribution < -0.4 is 4.74 Å². The Morgan fingerprint density at radius 2 is 2.08 bits per heavy atom. The van der Waals surface area contributed by atoms with Crippen molar-refractivity contribution in [3.05, 3.63) is 54.8 Å². The second kappa shape index (κ2) is 5.20. The van der Waals surface area contributed by atoms with Crippen LogP contribution in [0.4, 0.5) is 0 Å². The maximum Gasteiger partial charge on any atom is 0.126 e. The molecular weight excluding hydrogens is 160 g/mol. The Kier molecular flexibility index (Phi) is 3.83. The first-order chi connectivity index (χ1) is 6.36. The highest BCUT2D eigenvalue weighted by Gasteiger charge is 1.95. The van der Waals surface area contributed by atoms with Crippen molar-refractivity contribution in [2.45, 2.75) is 13.3 Å². The topological polar surface area (TPSA) is 9.23 Å². The van der Waals surface area contributed by atoms with Gasteiger partial charge < -0.3 is 4.74 Å². The maximum atomic E-state index is 5.59. The van der Waals surface area contributed by atoms with Gasteiger partial charge in [-0.25, -0.2) is 0 Å². The van der Waals surface area contributed by atoms with Crippen molar-refractivity contribution in [2.75, 3.05) is 0 Å². The molecule has 0 aliphatic heterocycles. The first kappa shape index (κ1) is 9.59. The normalized spacial score (nSPS) is 11.0. The van der Waals surface area contributed by atoms with E-state index in [0.717, 1.165) is 17.9 Å². The summed E-state index contributed by atoms with van der Waals surface area (Å²) in [5.74, 6) is 1.80. The average molecular weight is 174 g/mol. The largest absolute Gasteiger partial charge is 0.462 e. The smallest absolute Gasteiger partial charge is 0.126 e. The summed E-state index contributed by atoms with van der Waals surface area (Å²) in [7, 11) is 0. The molecule has 0 bridgehead atoms. The van der Waals surface area contributed by atoms with Crippen molar-refractivity contribution in [1.82, 2.24) is 0 Å². The molecule has 0 aliphatic carbocycles. The van der Waals surface area contributed by atoms with Crippen molar-refractivity contribution < 1.29 is 4.74 Å². The fourth-order valence-corrected chi connectivity index (χ4v) is 1.00. The van der Waals surface area contributed by atoms with Gasteiger partial charge in [-0.3, -0.25) is 0 Å². The van der Waals surface area contributed by atoms with Crippen LogP contribution in [0.1, 0.15) is 13.3 Å². The van der Waals surface area contributed by atoms with E-state index in [1.807, 2.05) is 49.4 Å². The molecule has 1 heteroatoms. The van der Waals surface area contributed by atoms with Crippen molar-refractivity contribution in [1.29, 1.82) is 0 Å². The monoisotopic (exact) mass is 174 g/mol. The van der Waals surface area contributed by atoms with Gasteiger partial charge in [0.05, 0.1) is 0 Å². The summed E-state index contributed by atoms with van der Waals surface area (Å²) in [5.41, 5.74) is 0. The molecule has 0 fully saturated rings. The molecule has 0 atom stereocenters. The van der Waals surface area contributed by atoms with Crippen LogP contribution in [0.15, 0.2) is 54.8 Å². The molecular formula is C12H14O. The van der Waals surface area contributed by atoms with Crippen LogP contribution >= 0.6 is 0 Å². The van der Waals surface area contributed by atoms with E-state index < -0.39 is 0 Å². The number of para-hydroxylation sites is 1. The zero-order valence-electron chi connectivity index (χ0n) is 7.86. The number of allylic oxidation sites excluding steroid dienone is 2. The summed E-state index contributed by atoms with van der Waals surface area (Å²) in [6.07, 6.45) is 4.55. The molecule has 1 nitrogen and oxygen atoms in total. The van der Waals surface area contributed by atoms with Gasteiger partial charge in [0.25, 0.3) is 0 Å².